The van der Waals surface area contributed by atoms with Crippen molar-refractivity contribution < 1.29 is 14.3 Å². The van der Waals surface area contributed by atoms with E-state index in [2.05, 4.69) is 11.3 Å². The minimum Gasteiger partial charge on any atom is -0.435 e. The van der Waals surface area contributed by atoms with Crippen LogP contribution in [0.5, 0.6) is 0 Å². The zero-order valence-electron chi connectivity index (χ0n) is 6.13. The average molecular weight is 144 g/mol. The quantitative estimate of drug-likeness (QED) is 0.251. The fourth-order valence-electron chi connectivity index (χ4n) is 0.362. The Balaban J connectivity index is 3.03. The van der Waals surface area contributed by atoms with E-state index in [4.69, 9.17) is 4.74 Å². The van der Waals surface area contributed by atoms with E-state index in [1.54, 1.807) is 0 Å². The molecule has 0 bridgehead atoms. The van der Waals surface area contributed by atoms with Crippen LogP contribution in [-0.2, 0) is 14.3 Å². The molecule has 10 heavy (non-hydrogen) atoms. The Morgan fingerprint density at radius 2 is 2.40 bits per heavy atom. The predicted molar refractivity (Wildman–Crippen MR) is 37.4 cm³/mol. The van der Waals surface area contributed by atoms with Gasteiger partial charge in [-0.15, -0.1) is 0 Å². The Morgan fingerprint density at radius 3 is 2.90 bits per heavy atom. The molecule has 3 heteroatoms. The third-order valence-electron chi connectivity index (χ3n) is 0.800. The number of rotatable bonds is 5. The number of hydrogen-bond donors (Lipinski definition) is 0. The van der Waals surface area contributed by atoms with Crippen molar-refractivity contribution in [3.05, 3.63) is 12.7 Å². The Labute approximate surface area is 60.6 Å². The van der Waals surface area contributed by atoms with Crippen molar-refractivity contribution in [3.8, 4) is 0 Å². The monoisotopic (exact) mass is 144 g/mol. The molecule has 0 saturated heterocycles. The zero-order valence-corrected chi connectivity index (χ0v) is 6.13. The summed E-state index contributed by atoms with van der Waals surface area (Å²) in [5.41, 5.74) is 0. The molecule has 0 rings (SSSR count). The molecular weight excluding hydrogens is 132 g/mol. The number of ether oxygens (including phenoxy) is 2. The summed E-state index contributed by atoms with van der Waals surface area (Å²) in [5, 5.41) is 0. The van der Waals surface area contributed by atoms with Gasteiger partial charge in [0.1, 0.15) is 0 Å². The lowest BCUT2D eigenvalue weighted by Crippen LogP contribution is -2.05. The highest BCUT2D eigenvalue weighted by Crippen LogP contribution is 1.83. The molecule has 0 aliphatic carbocycles. The second-order valence-corrected chi connectivity index (χ2v) is 1.69. The lowest BCUT2D eigenvalue weighted by molar-refractivity contribution is -0.150. The van der Waals surface area contributed by atoms with Gasteiger partial charge in [0, 0.05) is 6.08 Å². The minimum atomic E-state index is -0.448. The molecule has 0 heterocycles. The summed E-state index contributed by atoms with van der Waals surface area (Å²) < 4.78 is 9.38. The normalized spacial score (nSPS) is 8.90. The Hall–Kier alpha value is -0.830. The van der Waals surface area contributed by atoms with Crippen molar-refractivity contribution in [2.24, 2.45) is 0 Å². The molecule has 0 saturated carbocycles. The molecule has 0 aromatic heterocycles. The van der Waals surface area contributed by atoms with Crippen LogP contribution in [0.4, 0.5) is 0 Å². The molecule has 3 nitrogen and oxygen atoms in total. The van der Waals surface area contributed by atoms with E-state index in [1.165, 1.54) is 0 Å². The highest BCUT2D eigenvalue weighted by atomic mass is 16.7. The highest BCUT2D eigenvalue weighted by Gasteiger charge is 1.92. The predicted octanol–water partition coefficient (Wildman–Crippen LogP) is 1.10. The van der Waals surface area contributed by atoms with Crippen molar-refractivity contribution in [3.63, 3.8) is 0 Å². The summed E-state index contributed by atoms with van der Waals surface area (Å²) in [5.74, 6) is -0.448. The SMILES string of the molecule is C=CC(=O)OCOCCC. The molecule has 0 atom stereocenters. The first-order chi connectivity index (χ1) is 4.81. The summed E-state index contributed by atoms with van der Waals surface area (Å²) in [6.45, 7) is 5.85. The van der Waals surface area contributed by atoms with Crippen LogP contribution in [0.15, 0.2) is 12.7 Å². The molecule has 58 valence electrons. The van der Waals surface area contributed by atoms with Gasteiger partial charge in [0.25, 0.3) is 0 Å². The number of carbonyl (C=O) groups excluding carboxylic acids is 1. The van der Waals surface area contributed by atoms with Crippen LogP contribution in [0, 0.1) is 0 Å². The topological polar surface area (TPSA) is 35.5 Å². The Kier molecular flexibility index (Phi) is 5.77. The number of carbonyl (C=O) groups is 1. The van der Waals surface area contributed by atoms with Crippen LogP contribution < -0.4 is 0 Å². The lowest BCUT2D eigenvalue weighted by atomic mass is 10.5. The van der Waals surface area contributed by atoms with Gasteiger partial charge in [-0.05, 0) is 6.42 Å². The van der Waals surface area contributed by atoms with E-state index in [1.807, 2.05) is 6.92 Å². The fourth-order valence-corrected chi connectivity index (χ4v) is 0.362. The zero-order chi connectivity index (χ0) is 7.82. The molecule has 0 fully saturated rings. The van der Waals surface area contributed by atoms with Gasteiger partial charge in [0.05, 0.1) is 6.61 Å². The van der Waals surface area contributed by atoms with E-state index in [0.29, 0.717) is 6.61 Å². The average Bonchev–Trinajstić information content (AvgIpc) is 1.98. The second-order valence-electron chi connectivity index (χ2n) is 1.69. The van der Waals surface area contributed by atoms with Crippen LogP contribution >= 0.6 is 0 Å². The van der Waals surface area contributed by atoms with Crippen molar-refractivity contribution in [2.75, 3.05) is 13.4 Å². The Morgan fingerprint density at radius 1 is 1.70 bits per heavy atom. The summed E-state index contributed by atoms with van der Waals surface area (Å²) >= 11 is 0. The Bertz CT molecular complexity index is 109. The molecule has 0 aromatic carbocycles. The van der Waals surface area contributed by atoms with Gasteiger partial charge < -0.3 is 9.47 Å². The van der Waals surface area contributed by atoms with Crippen LogP contribution in [0.2, 0.25) is 0 Å². The van der Waals surface area contributed by atoms with Gasteiger partial charge >= 0.3 is 5.97 Å². The van der Waals surface area contributed by atoms with Gasteiger partial charge in [-0.1, -0.05) is 13.5 Å². The first-order valence-electron chi connectivity index (χ1n) is 3.18. The molecule has 0 amide bonds. The molecule has 0 aliphatic rings. The third-order valence-corrected chi connectivity index (χ3v) is 0.800. The first kappa shape index (κ1) is 9.17. The van der Waals surface area contributed by atoms with Gasteiger partial charge in [-0.3, -0.25) is 0 Å². The summed E-state index contributed by atoms with van der Waals surface area (Å²) in [6.07, 6.45) is 2.03. The van der Waals surface area contributed by atoms with Crippen molar-refractivity contribution in [1.29, 1.82) is 0 Å². The van der Waals surface area contributed by atoms with Crippen molar-refractivity contribution in [2.45, 2.75) is 13.3 Å². The van der Waals surface area contributed by atoms with E-state index in [0.717, 1.165) is 12.5 Å². The second kappa shape index (κ2) is 6.29. The number of esters is 1. The van der Waals surface area contributed by atoms with Crippen LogP contribution in [0.3, 0.4) is 0 Å². The maximum atomic E-state index is 10.4. The summed E-state index contributed by atoms with van der Waals surface area (Å²) in [6, 6.07) is 0. The first-order valence-corrected chi connectivity index (χ1v) is 3.18. The molecule has 0 aromatic rings. The lowest BCUT2D eigenvalue weighted by Gasteiger charge is -2.00. The largest absolute Gasteiger partial charge is 0.435 e. The van der Waals surface area contributed by atoms with Crippen molar-refractivity contribution in [1.82, 2.24) is 0 Å². The van der Waals surface area contributed by atoms with E-state index in [9.17, 15) is 4.79 Å². The van der Waals surface area contributed by atoms with Gasteiger partial charge in [-0.2, -0.15) is 0 Å². The van der Waals surface area contributed by atoms with Crippen LogP contribution in [0.25, 0.3) is 0 Å². The molecule has 0 aliphatic heterocycles. The molecular formula is C7H12O3. The standard InChI is InChI=1S/C7H12O3/c1-3-5-9-6-10-7(8)4-2/h4H,2-3,5-6H2,1H3. The maximum absolute atomic E-state index is 10.4. The van der Waals surface area contributed by atoms with Gasteiger partial charge in [0.15, 0.2) is 6.79 Å². The third kappa shape index (κ3) is 5.31. The van der Waals surface area contributed by atoms with E-state index in [-0.39, 0.29) is 6.79 Å². The molecule has 0 spiro atoms. The van der Waals surface area contributed by atoms with Gasteiger partial charge in [-0.25, -0.2) is 4.79 Å². The highest BCUT2D eigenvalue weighted by molar-refractivity contribution is 5.81. The van der Waals surface area contributed by atoms with E-state index >= 15 is 0 Å². The van der Waals surface area contributed by atoms with Crippen molar-refractivity contribution >= 4 is 5.97 Å². The fraction of sp³-hybridized carbons (Fsp3) is 0.571. The molecule has 0 N–H and O–H groups in total. The van der Waals surface area contributed by atoms with E-state index < -0.39 is 5.97 Å². The summed E-state index contributed by atoms with van der Waals surface area (Å²) in [4.78, 5) is 10.4. The maximum Gasteiger partial charge on any atom is 0.332 e. The van der Waals surface area contributed by atoms with Crippen LogP contribution in [-0.4, -0.2) is 19.4 Å². The smallest absolute Gasteiger partial charge is 0.332 e. The molecule has 0 unspecified atom stereocenters. The molecule has 0 radical (unpaired) electrons. The minimum absolute atomic E-state index is 0.0265. The van der Waals surface area contributed by atoms with Gasteiger partial charge in [0.2, 0.25) is 0 Å². The summed E-state index contributed by atoms with van der Waals surface area (Å²) in [7, 11) is 0. The van der Waals surface area contributed by atoms with Crippen LogP contribution in [0.1, 0.15) is 13.3 Å². The number of hydrogen-bond acceptors (Lipinski definition) is 3.